The summed E-state index contributed by atoms with van der Waals surface area (Å²) in [5, 5.41) is 0. The van der Waals surface area contributed by atoms with Gasteiger partial charge in [-0.1, -0.05) is 25.7 Å². The van der Waals surface area contributed by atoms with Crippen LogP contribution in [0.3, 0.4) is 0 Å². The summed E-state index contributed by atoms with van der Waals surface area (Å²) >= 11 is 0. The molecule has 2 N–H and O–H groups in total. The zero-order valence-corrected chi connectivity index (χ0v) is 11.5. The summed E-state index contributed by atoms with van der Waals surface area (Å²) in [6, 6.07) is 0.303. The molecule has 0 heterocycles. The van der Waals surface area contributed by atoms with E-state index in [0.717, 1.165) is 25.8 Å². The van der Waals surface area contributed by atoms with Gasteiger partial charge < -0.3 is 10.6 Å². The lowest BCUT2D eigenvalue weighted by molar-refractivity contribution is -0.137. The summed E-state index contributed by atoms with van der Waals surface area (Å²) in [5.41, 5.74) is 5.54. The molecule has 0 atom stereocenters. The molecule has 0 bridgehead atoms. The van der Waals surface area contributed by atoms with E-state index < -0.39 is 0 Å². The molecule has 0 spiro atoms. The van der Waals surface area contributed by atoms with Gasteiger partial charge in [0, 0.05) is 18.5 Å². The summed E-state index contributed by atoms with van der Waals surface area (Å²) in [6.45, 7) is 5.70. The van der Waals surface area contributed by atoms with Crippen LogP contribution in [0, 0.1) is 5.92 Å². The highest BCUT2D eigenvalue weighted by molar-refractivity contribution is 5.79. The van der Waals surface area contributed by atoms with Gasteiger partial charge in [-0.15, -0.1) is 0 Å². The minimum absolute atomic E-state index is 0.276. The smallest absolute Gasteiger partial charge is 0.225 e. The molecule has 17 heavy (non-hydrogen) atoms. The molecule has 1 aliphatic carbocycles. The maximum atomic E-state index is 12.5. The van der Waals surface area contributed by atoms with Crippen molar-refractivity contribution in [2.75, 3.05) is 13.1 Å². The van der Waals surface area contributed by atoms with Gasteiger partial charge in [-0.05, 0) is 39.7 Å². The van der Waals surface area contributed by atoms with Crippen LogP contribution in [-0.2, 0) is 4.79 Å². The van der Waals surface area contributed by atoms with E-state index in [9.17, 15) is 4.79 Å². The third-order valence-corrected chi connectivity index (χ3v) is 3.71. The van der Waals surface area contributed by atoms with Crippen LogP contribution in [-0.4, -0.2) is 29.9 Å². The zero-order chi connectivity index (χ0) is 12.7. The van der Waals surface area contributed by atoms with E-state index in [1.54, 1.807) is 0 Å². The Balaban J connectivity index is 2.55. The van der Waals surface area contributed by atoms with Crippen LogP contribution in [0.25, 0.3) is 0 Å². The Kier molecular flexibility index (Phi) is 6.56. The van der Waals surface area contributed by atoms with Crippen LogP contribution in [0.1, 0.15) is 58.8 Å². The molecule has 100 valence electrons. The number of hydrogen-bond acceptors (Lipinski definition) is 2. The summed E-state index contributed by atoms with van der Waals surface area (Å²) in [4.78, 5) is 14.5. The maximum Gasteiger partial charge on any atom is 0.225 e. The van der Waals surface area contributed by atoms with Crippen molar-refractivity contribution in [1.29, 1.82) is 0 Å². The number of nitrogens with two attached hydrogens (primary N) is 1. The molecule has 0 aromatic carbocycles. The topological polar surface area (TPSA) is 46.3 Å². The van der Waals surface area contributed by atoms with Crippen LogP contribution in [0.5, 0.6) is 0 Å². The SMILES string of the molecule is CC(C)N(CCCN)C(=O)C1CCCCCC1. The van der Waals surface area contributed by atoms with Gasteiger partial charge >= 0.3 is 0 Å². The van der Waals surface area contributed by atoms with E-state index in [1.807, 2.05) is 4.90 Å². The van der Waals surface area contributed by atoms with E-state index in [4.69, 9.17) is 5.73 Å². The molecule has 1 rings (SSSR count). The molecule has 3 nitrogen and oxygen atoms in total. The van der Waals surface area contributed by atoms with Crippen LogP contribution in [0.4, 0.5) is 0 Å². The molecule has 0 aliphatic heterocycles. The normalized spacial score (nSPS) is 18.1. The monoisotopic (exact) mass is 240 g/mol. The highest BCUT2D eigenvalue weighted by atomic mass is 16.2. The second kappa shape index (κ2) is 7.70. The quantitative estimate of drug-likeness (QED) is 0.751. The van der Waals surface area contributed by atoms with E-state index in [1.165, 1.54) is 25.7 Å². The average Bonchev–Trinajstić information content (AvgIpc) is 2.57. The third kappa shape index (κ3) is 4.66. The summed E-state index contributed by atoms with van der Waals surface area (Å²) < 4.78 is 0. The van der Waals surface area contributed by atoms with Crippen LogP contribution < -0.4 is 5.73 Å². The van der Waals surface area contributed by atoms with Crippen molar-refractivity contribution < 1.29 is 4.79 Å². The van der Waals surface area contributed by atoms with Gasteiger partial charge in [-0.3, -0.25) is 4.79 Å². The summed E-state index contributed by atoms with van der Waals surface area (Å²) in [7, 11) is 0. The van der Waals surface area contributed by atoms with Gasteiger partial charge in [-0.25, -0.2) is 0 Å². The third-order valence-electron chi connectivity index (χ3n) is 3.71. The number of carbonyl (C=O) groups is 1. The predicted molar refractivity (Wildman–Crippen MR) is 71.7 cm³/mol. The first-order valence-electron chi connectivity index (χ1n) is 7.17. The molecule has 1 amide bonds. The summed E-state index contributed by atoms with van der Waals surface area (Å²) in [5.74, 6) is 0.646. The minimum atomic E-state index is 0.276. The lowest BCUT2D eigenvalue weighted by Gasteiger charge is -2.30. The van der Waals surface area contributed by atoms with Gasteiger partial charge in [-0.2, -0.15) is 0 Å². The highest BCUT2D eigenvalue weighted by Gasteiger charge is 2.26. The fourth-order valence-corrected chi connectivity index (χ4v) is 2.65. The van der Waals surface area contributed by atoms with Crippen molar-refractivity contribution in [1.82, 2.24) is 4.90 Å². The van der Waals surface area contributed by atoms with E-state index in [-0.39, 0.29) is 5.92 Å². The minimum Gasteiger partial charge on any atom is -0.340 e. The molecule has 0 radical (unpaired) electrons. The first-order chi connectivity index (χ1) is 8.16. The Morgan fingerprint density at radius 2 is 1.82 bits per heavy atom. The van der Waals surface area contributed by atoms with Crippen LogP contribution in [0.2, 0.25) is 0 Å². The number of nitrogens with zero attached hydrogens (tertiary/aromatic N) is 1. The molecule has 1 fully saturated rings. The second-order valence-corrected chi connectivity index (χ2v) is 5.46. The fraction of sp³-hybridized carbons (Fsp3) is 0.929. The van der Waals surface area contributed by atoms with Crippen molar-refractivity contribution in [3.8, 4) is 0 Å². The van der Waals surface area contributed by atoms with Crippen molar-refractivity contribution in [3.63, 3.8) is 0 Å². The first-order valence-corrected chi connectivity index (χ1v) is 7.17. The van der Waals surface area contributed by atoms with Crippen molar-refractivity contribution in [2.45, 2.75) is 64.8 Å². The first kappa shape index (κ1) is 14.5. The van der Waals surface area contributed by atoms with Gasteiger partial charge in [0.15, 0.2) is 0 Å². The van der Waals surface area contributed by atoms with Crippen LogP contribution >= 0.6 is 0 Å². The van der Waals surface area contributed by atoms with Gasteiger partial charge in [0.2, 0.25) is 5.91 Å². The van der Waals surface area contributed by atoms with Crippen molar-refractivity contribution in [3.05, 3.63) is 0 Å². The molecular formula is C14H28N2O. The fourth-order valence-electron chi connectivity index (χ4n) is 2.65. The van der Waals surface area contributed by atoms with Gasteiger partial charge in [0.1, 0.15) is 0 Å². The van der Waals surface area contributed by atoms with Gasteiger partial charge in [0.25, 0.3) is 0 Å². The average molecular weight is 240 g/mol. The molecular weight excluding hydrogens is 212 g/mol. The standard InChI is InChI=1S/C14H28N2O/c1-12(2)16(11-7-10-15)14(17)13-8-5-3-4-6-9-13/h12-13H,3-11,15H2,1-2H3. The number of carbonyl (C=O) groups excluding carboxylic acids is 1. The largest absolute Gasteiger partial charge is 0.340 e. The Labute approximate surface area is 106 Å². The van der Waals surface area contributed by atoms with Crippen molar-refractivity contribution >= 4 is 5.91 Å². The predicted octanol–water partition coefficient (Wildman–Crippen LogP) is 2.54. The number of rotatable bonds is 5. The van der Waals surface area contributed by atoms with E-state index >= 15 is 0 Å². The summed E-state index contributed by atoms with van der Waals surface area (Å²) in [6.07, 6.45) is 8.13. The zero-order valence-electron chi connectivity index (χ0n) is 11.5. The lowest BCUT2D eigenvalue weighted by Crippen LogP contribution is -2.42. The maximum absolute atomic E-state index is 12.5. The van der Waals surface area contributed by atoms with E-state index in [2.05, 4.69) is 13.8 Å². The molecule has 0 aromatic rings. The Hall–Kier alpha value is -0.570. The Bertz CT molecular complexity index is 220. The molecule has 1 saturated carbocycles. The Morgan fingerprint density at radius 3 is 2.29 bits per heavy atom. The van der Waals surface area contributed by atoms with E-state index in [0.29, 0.717) is 18.5 Å². The lowest BCUT2D eigenvalue weighted by atomic mass is 9.98. The van der Waals surface area contributed by atoms with Crippen LogP contribution in [0.15, 0.2) is 0 Å². The Morgan fingerprint density at radius 1 is 1.24 bits per heavy atom. The highest BCUT2D eigenvalue weighted by Crippen LogP contribution is 2.25. The van der Waals surface area contributed by atoms with Crippen molar-refractivity contribution in [2.24, 2.45) is 11.7 Å². The number of amides is 1. The number of hydrogen-bond donors (Lipinski definition) is 1. The molecule has 0 unspecified atom stereocenters. The molecule has 0 saturated heterocycles. The second-order valence-electron chi connectivity index (χ2n) is 5.46. The molecule has 3 heteroatoms. The molecule has 0 aromatic heterocycles. The molecule has 1 aliphatic rings. The van der Waals surface area contributed by atoms with Gasteiger partial charge in [0.05, 0.1) is 0 Å².